The minimum Gasteiger partial charge on any atom is -0.451 e. The van der Waals surface area contributed by atoms with E-state index in [1.165, 1.54) is 0 Å². The maximum absolute atomic E-state index is 12.1. The Labute approximate surface area is 136 Å². The van der Waals surface area contributed by atoms with Crippen LogP contribution in [0.3, 0.4) is 0 Å². The van der Waals surface area contributed by atoms with Crippen molar-refractivity contribution in [2.75, 3.05) is 11.9 Å². The molecule has 0 saturated carbocycles. The van der Waals surface area contributed by atoms with Crippen LogP contribution in [-0.4, -0.2) is 23.1 Å². The van der Waals surface area contributed by atoms with Crippen LogP contribution >= 0.6 is 0 Å². The van der Waals surface area contributed by atoms with Crippen LogP contribution in [0.25, 0.3) is 0 Å². The van der Waals surface area contributed by atoms with Crippen LogP contribution in [0.4, 0.5) is 5.69 Å². The van der Waals surface area contributed by atoms with Gasteiger partial charge in [-0.3, -0.25) is 4.79 Å². The number of aromatic nitrogens is 1. The molecule has 0 atom stereocenters. The van der Waals surface area contributed by atoms with Gasteiger partial charge in [-0.15, -0.1) is 0 Å². The number of nitrogens with zero attached hydrogens (tertiary/aromatic N) is 1. The summed E-state index contributed by atoms with van der Waals surface area (Å²) in [5, 5.41) is 2.81. The first-order valence-electron chi connectivity index (χ1n) is 7.47. The van der Waals surface area contributed by atoms with E-state index in [0.29, 0.717) is 5.69 Å². The molecule has 5 heteroatoms. The molecule has 1 aromatic heterocycles. The van der Waals surface area contributed by atoms with E-state index in [0.717, 1.165) is 11.3 Å². The smallest absolute Gasteiger partial charge is 0.355 e. The molecule has 0 radical (unpaired) electrons. The van der Waals surface area contributed by atoms with E-state index in [2.05, 4.69) is 26.1 Å². The number of carbonyl (C=O) groups excluding carboxylic acids is 2. The van der Waals surface area contributed by atoms with Gasteiger partial charge in [0.2, 0.25) is 0 Å². The second-order valence-corrected chi connectivity index (χ2v) is 6.42. The number of amides is 1. The van der Waals surface area contributed by atoms with Gasteiger partial charge in [0, 0.05) is 18.9 Å². The third-order valence-electron chi connectivity index (χ3n) is 3.50. The van der Waals surface area contributed by atoms with Gasteiger partial charge in [0.15, 0.2) is 6.61 Å². The average molecular weight is 314 g/mol. The summed E-state index contributed by atoms with van der Waals surface area (Å²) in [5.74, 6) is -0.874. The number of benzene rings is 1. The molecule has 0 fully saturated rings. The van der Waals surface area contributed by atoms with Gasteiger partial charge in [0.05, 0.1) is 0 Å². The van der Waals surface area contributed by atoms with E-state index in [-0.39, 0.29) is 17.9 Å². The van der Waals surface area contributed by atoms with Crippen LogP contribution in [-0.2, 0) is 22.0 Å². The summed E-state index contributed by atoms with van der Waals surface area (Å²) in [4.78, 5) is 23.9. The van der Waals surface area contributed by atoms with E-state index < -0.39 is 5.97 Å². The Bertz CT molecular complexity index is 711. The summed E-state index contributed by atoms with van der Waals surface area (Å²) >= 11 is 0. The summed E-state index contributed by atoms with van der Waals surface area (Å²) in [7, 11) is 1.75. The zero-order chi connectivity index (χ0) is 17.0. The highest BCUT2D eigenvalue weighted by Crippen LogP contribution is 2.29. The molecule has 0 bridgehead atoms. The average Bonchev–Trinajstić information content (AvgIpc) is 2.90. The monoisotopic (exact) mass is 314 g/mol. The van der Waals surface area contributed by atoms with Crippen molar-refractivity contribution >= 4 is 17.6 Å². The summed E-state index contributed by atoms with van der Waals surface area (Å²) < 4.78 is 6.70. The van der Waals surface area contributed by atoms with Crippen LogP contribution < -0.4 is 5.32 Å². The van der Waals surface area contributed by atoms with Crippen LogP contribution in [0.5, 0.6) is 0 Å². The number of hydrogen-bond acceptors (Lipinski definition) is 3. The van der Waals surface area contributed by atoms with Crippen LogP contribution in [0.1, 0.15) is 36.8 Å². The van der Waals surface area contributed by atoms with Gasteiger partial charge in [0.25, 0.3) is 5.91 Å². The Morgan fingerprint density at radius 1 is 1.13 bits per heavy atom. The zero-order valence-electron chi connectivity index (χ0n) is 13.9. The Kier molecular flexibility index (Phi) is 4.89. The van der Waals surface area contributed by atoms with Crippen molar-refractivity contribution in [1.29, 1.82) is 0 Å². The van der Waals surface area contributed by atoms with E-state index in [1.54, 1.807) is 29.9 Å². The molecule has 1 aromatic carbocycles. The molecule has 0 saturated heterocycles. The molecule has 0 aliphatic heterocycles. The highest BCUT2D eigenvalue weighted by molar-refractivity contribution is 5.95. The maximum atomic E-state index is 12.1. The normalized spacial score (nSPS) is 11.1. The van der Waals surface area contributed by atoms with Gasteiger partial charge in [-0.2, -0.15) is 0 Å². The molecule has 0 aliphatic rings. The van der Waals surface area contributed by atoms with Crippen molar-refractivity contribution in [3.05, 3.63) is 53.9 Å². The lowest BCUT2D eigenvalue weighted by Gasteiger charge is -2.22. The lowest BCUT2D eigenvalue weighted by Crippen LogP contribution is -2.24. The van der Waals surface area contributed by atoms with Crippen molar-refractivity contribution < 1.29 is 14.3 Å². The fourth-order valence-electron chi connectivity index (χ4n) is 2.31. The van der Waals surface area contributed by atoms with Gasteiger partial charge in [-0.1, -0.05) is 39.0 Å². The van der Waals surface area contributed by atoms with Crippen molar-refractivity contribution in [1.82, 2.24) is 4.57 Å². The first-order valence-corrected chi connectivity index (χ1v) is 7.47. The molecule has 0 aliphatic carbocycles. The third kappa shape index (κ3) is 4.22. The van der Waals surface area contributed by atoms with Gasteiger partial charge < -0.3 is 14.6 Å². The molecule has 23 heavy (non-hydrogen) atoms. The molecule has 0 spiro atoms. The molecule has 5 nitrogen and oxygen atoms in total. The van der Waals surface area contributed by atoms with Crippen molar-refractivity contribution in [2.45, 2.75) is 26.2 Å². The van der Waals surface area contributed by atoms with E-state index in [4.69, 9.17) is 4.74 Å². The highest BCUT2D eigenvalue weighted by Gasteiger charge is 2.19. The van der Waals surface area contributed by atoms with Crippen LogP contribution in [0, 0.1) is 0 Å². The molecule has 0 unspecified atom stereocenters. The maximum Gasteiger partial charge on any atom is 0.355 e. The highest BCUT2D eigenvalue weighted by atomic mass is 16.5. The van der Waals surface area contributed by atoms with Gasteiger partial charge in [0.1, 0.15) is 5.69 Å². The number of anilines is 1. The summed E-state index contributed by atoms with van der Waals surface area (Å²) in [5.41, 5.74) is 2.08. The minimum absolute atomic E-state index is 0.0937. The Balaban J connectivity index is 1.99. The lowest BCUT2D eigenvalue weighted by atomic mass is 9.86. The molecule has 2 aromatic rings. The molecule has 1 N–H and O–H groups in total. The predicted molar refractivity (Wildman–Crippen MR) is 89.5 cm³/mol. The van der Waals surface area contributed by atoms with E-state index >= 15 is 0 Å². The number of nitrogens with one attached hydrogen (secondary N) is 1. The van der Waals surface area contributed by atoms with Gasteiger partial charge in [-0.25, -0.2) is 4.79 Å². The number of ether oxygens (including phenoxy) is 1. The second kappa shape index (κ2) is 6.69. The first kappa shape index (κ1) is 16.8. The van der Waals surface area contributed by atoms with Crippen LogP contribution in [0.15, 0.2) is 42.6 Å². The number of para-hydroxylation sites is 1. The fraction of sp³-hybridized carbons (Fsp3) is 0.333. The van der Waals surface area contributed by atoms with E-state index in [1.807, 2.05) is 24.3 Å². The van der Waals surface area contributed by atoms with Crippen molar-refractivity contribution in [3.8, 4) is 0 Å². The number of esters is 1. The van der Waals surface area contributed by atoms with Gasteiger partial charge in [-0.05, 0) is 29.2 Å². The third-order valence-corrected chi connectivity index (χ3v) is 3.50. The number of aryl methyl sites for hydroxylation is 1. The zero-order valence-corrected chi connectivity index (χ0v) is 13.9. The molecule has 122 valence electrons. The summed E-state index contributed by atoms with van der Waals surface area (Å²) in [6, 6.07) is 11.0. The molecule has 1 heterocycles. The largest absolute Gasteiger partial charge is 0.451 e. The molecule has 1 amide bonds. The Hall–Kier alpha value is -2.56. The van der Waals surface area contributed by atoms with Crippen LogP contribution in [0.2, 0.25) is 0 Å². The SMILES string of the molecule is Cn1cccc1C(=O)OCC(=O)Nc1ccccc1C(C)(C)C. The standard InChI is InChI=1S/C18H22N2O3/c1-18(2,3)13-8-5-6-9-14(13)19-16(21)12-23-17(22)15-10-7-11-20(15)4/h5-11H,12H2,1-4H3,(H,19,21). The van der Waals surface area contributed by atoms with E-state index in [9.17, 15) is 9.59 Å². The first-order chi connectivity index (χ1) is 10.8. The topological polar surface area (TPSA) is 60.3 Å². The molecular weight excluding hydrogens is 292 g/mol. The fourth-order valence-corrected chi connectivity index (χ4v) is 2.31. The van der Waals surface area contributed by atoms with Gasteiger partial charge >= 0.3 is 5.97 Å². The van der Waals surface area contributed by atoms with Crippen molar-refractivity contribution in [2.24, 2.45) is 7.05 Å². The second-order valence-electron chi connectivity index (χ2n) is 6.42. The summed E-state index contributed by atoms with van der Waals surface area (Å²) in [6.07, 6.45) is 1.75. The number of carbonyl (C=O) groups is 2. The number of hydrogen-bond donors (Lipinski definition) is 1. The predicted octanol–water partition coefficient (Wildman–Crippen LogP) is 3.12. The summed E-state index contributed by atoms with van der Waals surface area (Å²) in [6.45, 7) is 5.91. The Morgan fingerprint density at radius 3 is 2.43 bits per heavy atom. The lowest BCUT2D eigenvalue weighted by molar-refractivity contribution is -0.119. The minimum atomic E-state index is -0.517. The molecule has 2 rings (SSSR count). The quantitative estimate of drug-likeness (QED) is 0.882. The van der Waals surface area contributed by atoms with Crippen molar-refractivity contribution in [3.63, 3.8) is 0 Å². The molecular formula is C18H22N2O3. The number of rotatable bonds is 4. The Morgan fingerprint density at radius 2 is 1.83 bits per heavy atom.